The van der Waals surface area contributed by atoms with E-state index in [-0.39, 0.29) is 10.8 Å². The van der Waals surface area contributed by atoms with Crippen LogP contribution in [-0.2, 0) is 4.74 Å². The SMILES string of the molecule is COC(=O)c1nccc(-n2cccc2C(N)=S)n1. The molecule has 0 unspecified atom stereocenters. The van der Waals surface area contributed by atoms with Gasteiger partial charge in [0.25, 0.3) is 0 Å². The van der Waals surface area contributed by atoms with Crippen LogP contribution in [0.3, 0.4) is 0 Å². The average Bonchev–Trinajstić information content (AvgIpc) is 2.87. The summed E-state index contributed by atoms with van der Waals surface area (Å²) in [5.74, 6) is -0.114. The van der Waals surface area contributed by atoms with Crippen molar-refractivity contribution in [2.24, 2.45) is 5.73 Å². The topological polar surface area (TPSA) is 83.0 Å². The van der Waals surface area contributed by atoms with E-state index in [0.717, 1.165) is 0 Å². The number of hydrogen-bond acceptors (Lipinski definition) is 5. The molecule has 2 N–H and O–H groups in total. The van der Waals surface area contributed by atoms with Gasteiger partial charge in [-0.25, -0.2) is 14.8 Å². The van der Waals surface area contributed by atoms with Gasteiger partial charge in [0.2, 0.25) is 5.82 Å². The first kappa shape index (κ1) is 12.2. The van der Waals surface area contributed by atoms with Crippen molar-refractivity contribution in [2.75, 3.05) is 7.11 Å². The van der Waals surface area contributed by atoms with Crippen LogP contribution in [0.25, 0.3) is 5.82 Å². The molecule has 0 bridgehead atoms. The van der Waals surface area contributed by atoms with Crippen LogP contribution < -0.4 is 5.73 Å². The van der Waals surface area contributed by atoms with Crippen molar-refractivity contribution >= 4 is 23.2 Å². The summed E-state index contributed by atoms with van der Waals surface area (Å²) in [4.78, 5) is 19.5. The molecule has 7 heteroatoms. The van der Waals surface area contributed by atoms with Crippen molar-refractivity contribution in [3.8, 4) is 5.82 Å². The van der Waals surface area contributed by atoms with Gasteiger partial charge in [-0.3, -0.25) is 4.57 Å². The molecule has 0 amide bonds. The molecule has 0 fully saturated rings. The Balaban J connectivity index is 2.48. The van der Waals surface area contributed by atoms with Crippen LogP contribution >= 0.6 is 12.2 Å². The monoisotopic (exact) mass is 262 g/mol. The zero-order valence-corrected chi connectivity index (χ0v) is 10.3. The number of carbonyl (C=O) groups excluding carboxylic acids is 1. The zero-order chi connectivity index (χ0) is 13.1. The molecule has 0 aliphatic heterocycles. The second-order valence-electron chi connectivity index (χ2n) is 3.36. The lowest BCUT2D eigenvalue weighted by molar-refractivity contribution is 0.0586. The smallest absolute Gasteiger partial charge is 0.376 e. The van der Waals surface area contributed by atoms with Crippen molar-refractivity contribution in [2.45, 2.75) is 0 Å². The van der Waals surface area contributed by atoms with Crippen molar-refractivity contribution in [3.05, 3.63) is 42.1 Å². The number of aromatic nitrogens is 3. The molecule has 0 radical (unpaired) electrons. The van der Waals surface area contributed by atoms with E-state index in [0.29, 0.717) is 11.5 Å². The van der Waals surface area contributed by atoms with E-state index in [2.05, 4.69) is 14.7 Å². The first-order valence-corrected chi connectivity index (χ1v) is 5.43. The van der Waals surface area contributed by atoms with E-state index in [4.69, 9.17) is 18.0 Å². The maximum absolute atomic E-state index is 11.3. The Morgan fingerprint density at radius 1 is 1.50 bits per heavy atom. The van der Waals surface area contributed by atoms with Gasteiger partial charge in [-0.2, -0.15) is 0 Å². The molecule has 0 saturated heterocycles. The third-order valence-electron chi connectivity index (χ3n) is 2.26. The number of ether oxygens (including phenoxy) is 1. The molecule has 6 nitrogen and oxygen atoms in total. The molecule has 0 atom stereocenters. The third kappa shape index (κ3) is 2.21. The average molecular weight is 262 g/mol. The Kier molecular flexibility index (Phi) is 3.33. The summed E-state index contributed by atoms with van der Waals surface area (Å²) in [6, 6.07) is 5.20. The summed E-state index contributed by atoms with van der Waals surface area (Å²) in [7, 11) is 1.27. The number of hydrogen-bond donors (Lipinski definition) is 1. The molecular formula is C11H10N4O2S. The standard InChI is InChI=1S/C11H10N4O2S/c1-17-11(16)10-13-5-4-8(14-10)15-6-2-3-7(15)9(12)18/h2-6H,1H3,(H2,12,18). The molecular weight excluding hydrogens is 252 g/mol. The first-order valence-electron chi connectivity index (χ1n) is 5.02. The predicted molar refractivity (Wildman–Crippen MR) is 68.6 cm³/mol. The normalized spacial score (nSPS) is 10.1. The number of carbonyl (C=O) groups is 1. The van der Waals surface area contributed by atoms with Gasteiger partial charge in [0.15, 0.2) is 0 Å². The lowest BCUT2D eigenvalue weighted by Gasteiger charge is -2.07. The third-order valence-corrected chi connectivity index (χ3v) is 2.47. The molecule has 2 aromatic rings. The minimum Gasteiger partial charge on any atom is -0.463 e. The largest absolute Gasteiger partial charge is 0.463 e. The number of thiocarbonyl (C=S) groups is 1. The van der Waals surface area contributed by atoms with Crippen LogP contribution in [-0.4, -0.2) is 32.6 Å². The fourth-order valence-electron chi connectivity index (χ4n) is 1.45. The van der Waals surface area contributed by atoms with E-state index in [9.17, 15) is 4.79 Å². The number of methoxy groups -OCH3 is 1. The minimum absolute atomic E-state index is 0.0161. The molecule has 0 spiro atoms. The summed E-state index contributed by atoms with van der Waals surface area (Å²) < 4.78 is 6.24. The van der Waals surface area contributed by atoms with E-state index in [1.807, 2.05) is 0 Å². The number of nitrogens with two attached hydrogens (primary N) is 1. The summed E-state index contributed by atoms with van der Waals surface area (Å²) in [6.45, 7) is 0. The van der Waals surface area contributed by atoms with Gasteiger partial charge < -0.3 is 10.5 Å². The van der Waals surface area contributed by atoms with Gasteiger partial charge in [-0.15, -0.1) is 0 Å². The molecule has 92 valence electrons. The number of rotatable bonds is 3. The van der Waals surface area contributed by atoms with Crippen molar-refractivity contribution in [1.29, 1.82) is 0 Å². The Bertz CT molecular complexity index is 609. The van der Waals surface area contributed by atoms with Gasteiger partial charge >= 0.3 is 5.97 Å². The molecule has 2 rings (SSSR count). The summed E-state index contributed by atoms with van der Waals surface area (Å²) in [6.07, 6.45) is 3.22. The maximum Gasteiger partial charge on any atom is 0.376 e. The molecule has 2 heterocycles. The van der Waals surface area contributed by atoms with Crippen LogP contribution in [0, 0.1) is 0 Å². The van der Waals surface area contributed by atoms with Crippen LogP contribution in [0.2, 0.25) is 0 Å². The van der Waals surface area contributed by atoms with Crippen molar-refractivity contribution in [1.82, 2.24) is 14.5 Å². The molecule has 0 saturated carbocycles. The Morgan fingerprint density at radius 2 is 2.28 bits per heavy atom. The highest BCUT2D eigenvalue weighted by molar-refractivity contribution is 7.80. The van der Waals surface area contributed by atoms with E-state index in [1.165, 1.54) is 13.3 Å². The second kappa shape index (κ2) is 4.92. The van der Waals surface area contributed by atoms with Gasteiger partial charge in [-0.05, 0) is 18.2 Å². The van der Waals surface area contributed by atoms with Crippen LogP contribution in [0.15, 0.2) is 30.6 Å². The van der Waals surface area contributed by atoms with Crippen LogP contribution in [0.1, 0.15) is 16.3 Å². The Labute approximate surface area is 108 Å². The van der Waals surface area contributed by atoms with Gasteiger partial charge in [-0.1, -0.05) is 12.2 Å². The van der Waals surface area contributed by atoms with Gasteiger partial charge in [0.1, 0.15) is 10.8 Å². The van der Waals surface area contributed by atoms with Crippen molar-refractivity contribution in [3.63, 3.8) is 0 Å². The Hall–Kier alpha value is -2.28. The van der Waals surface area contributed by atoms with Gasteiger partial charge in [0, 0.05) is 12.4 Å². The highest BCUT2D eigenvalue weighted by atomic mass is 32.1. The molecule has 18 heavy (non-hydrogen) atoms. The summed E-state index contributed by atoms with van der Waals surface area (Å²) in [5, 5.41) is 0. The number of nitrogens with zero attached hydrogens (tertiary/aromatic N) is 3. The van der Waals surface area contributed by atoms with E-state index in [1.54, 1.807) is 29.0 Å². The summed E-state index contributed by atoms with van der Waals surface area (Å²) in [5.41, 5.74) is 6.23. The lowest BCUT2D eigenvalue weighted by Crippen LogP contribution is -2.16. The van der Waals surface area contributed by atoms with E-state index >= 15 is 0 Å². The molecule has 0 aliphatic rings. The van der Waals surface area contributed by atoms with Crippen LogP contribution in [0.5, 0.6) is 0 Å². The number of esters is 1. The molecule has 0 aromatic carbocycles. The van der Waals surface area contributed by atoms with Gasteiger partial charge in [0.05, 0.1) is 12.8 Å². The first-order chi connectivity index (χ1) is 8.63. The highest BCUT2D eigenvalue weighted by Crippen LogP contribution is 2.10. The van der Waals surface area contributed by atoms with Crippen molar-refractivity contribution < 1.29 is 9.53 Å². The fraction of sp³-hybridized carbons (Fsp3) is 0.0909. The quantitative estimate of drug-likeness (QED) is 0.647. The lowest BCUT2D eigenvalue weighted by atomic mass is 10.4. The van der Waals surface area contributed by atoms with E-state index < -0.39 is 5.97 Å². The predicted octanol–water partition coefficient (Wildman–Crippen LogP) is 0.688. The van der Waals surface area contributed by atoms with Crippen LogP contribution in [0.4, 0.5) is 0 Å². The Morgan fingerprint density at radius 3 is 2.94 bits per heavy atom. The molecule has 0 aliphatic carbocycles. The molecule has 2 aromatic heterocycles. The zero-order valence-electron chi connectivity index (χ0n) is 9.53. The maximum atomic E-state index is 11.3. The fourth-order valence-corrected chi connectivity index (χ4v) is 1.62. The second-order valence-corrected chi connectivity index (χ2v) is 3.80. The minimum atomic E-state index is -0.596. The summed E-state index contributed by atoms with van der Waals surface area (Å²) >= 11 is 4.93. The highest BCUT2D eigenvalue weighted by Gasteiger charge is 2.12.